The fourth-order valence-corrected chi connectivity index (χ4v) is 2.88. The van der Waals surface area contributed by atoms with Crippen LogP contribution < -0.4 is 10.1 Å². The van der Waals surface area contributed by atoms with Gasteiger partial charge < -0.3 is 14.5 Å². The van der Waals surface area contributed by atoms with E-state index in [-0.39, 0.29) is 4.90 Å². The Balaban J connectivity index is 1.89. The van der Waals surface area contributed by atoms with Gasteiger partial charge in [0.15, 0.2) is 9.84 Å². The lowest BCUT2D eigenvalue weighted by atomic mass is 10.1. The predicted octanol–water partition coefficient (Wildman–Crippen LogP) is 2.76. The highest BCUT2D eigenvalue weighted by atomic mass is 32.2. The largest absolute Gasteiger partial charge is 0.479 e. The molecule has 8 heteroatoms. The molecular weight excluding hydrogens is 342 g/mol. The van der Waals surface area contributed by atoms with E-state index in [2.05, 4.69) is 15.3 Å². The molecule has 3 rings (SSSR count). The minimum atomic E-state index is -3.25. The SMILES string of the molecule is COc1ncc(NCc2ccco2)nc1-c1ccc(S(C)(=O)=O)cc1. The minimum Gasteiger partial charge on any atom is -0.479 e. The van der Waals surface area contributed by atoms with E-state index in [4.69, 9.17) is 9.15 Å². The van der Waals surface area contributed by atoms with Crippen LogP contribution in [-0.4, -0.2) is 31.8 Å². The van der Waals surface area contributed by atoms with Crippen LogP contribution in [0.25, 0.3) is 11.3 Å². The molecule has 0 saturated carbocycles. The summed E-state index contributed by atoms with van der Waals surface area (Å²) in [6.07, 6.45) is 4.34. The van der Waals surface area contributed by atoms with Crippen molar-refractivity contribution >= 4 is 15.7 Å². The van der Waals surface area contributed by atoms with Gasteiger partial charge >= 0.3 is 0 Å². The molecule has 0 aliphatic heterocycles. The first kappa shape index (κ1) is 17.0. The molecule has 0 aliphatic carbocycles. The highest BCUT2D eigenvalue weighted by Crippen LogP contribution is 2.28. The number of methoxy groups -OCH3 is 1. The zero-order valence-electron chi connectivity index (χ0n) is 13.8. The summed E-state index contributed by atoms with van der Waals surface area (Å²) in [6, 6.07) is 10.1. The van der Waals surface area contributed by atoms with Crippen molar-refractivity contribution in [3.05, 3.63) is 54.6 Å². The van der Waals surface area contributed by atoms with Gasteiger partial charge in [-0.2, -0.15) is 0 Å². The molecule has 0 bridgehead atoms. The molecule has 0 radical (unpaired) electrons. The van der Waals surface area contributed by atoms with Crippen LogP contribution >= 0.6 is 0 Å². The Labute approximate surface area is 145 Å². The number of aromatic nitrogens is 2. The highest BCUT2D eigenvalue weighted by Gasteiger charge is 2.13. The summed E-state index contributed by atoms with van der Waals surface area (Å²) in [5.41, 5.74) is 1.23. The number of ether oxygens (including phenoxy) is 1. The Morgan fingerprint density at radius 1 is 1.20 bits per heavy atom. The summed E-state index contributed by atoms with van der Waals surface area (Å²) in [5.74, 6) is 1.69. The smallest absolute Gasteiger partial charge is 0.240 e. The topological polar surface area (TPSA) is 94.3 Å². The summed E-state index contributed by atoms with van der Waals surface area (Å²) in [4.78, 5) is 9.01. The van der Waals surface area contributed by atoms with E-state index >= 15 is 0 Å². The number of rotatable bonds is 6. The Bertz CT molecular complexity index is 952. The van der Waals surface area contributed by atoms with Gasteiger partial charge in [-0.3, -0.25) is 0 Å². The predicted molar refractivity (Wildman–Crippen MR) is 93.2 cm³/mol. The second-order valence-electron chi connectivity index (χ2n) is 5.34. The number of hydrogen-bond donors (Lipinski definition) is 1. The van der Waals surface area contributed by atoms with Gasteiger partial charge in [0.05, 0.1) is 31.0 Å². The first-order chi connectivity index (χ1) is 12.0. The van der Waals surface area contributed by atoms with Crippen molar-refractivity contribution in [2.24, 2.45) is 0 Å². The standard InChI is InChI=1S/C17H17N3O4S/c1-23-17-16(12-5-7-14(8-6-12)25(2,21)22)20-15(11-19-17)18-10-13-4-3-9-24-13/h3-9,11H,10H2,1-2H3,(H,18,20). The molecule has 0 amide bonds. The van der Waals surface area contributed by atoms with Crippen molar-refractivity contribution in [1.82, 2.24) is 9.97 Å². The Hall–Kier alpha value is -2.87. The van der Waals surface area contributed by atoms with Gasteiger partial charge in [-0.05, 0) is 24.3 Å². The van der Waals surface area contributed by atoms with Crippen LogP contribution in [0.3, 0.4) is 0 Å². The van der Waals surface area contributed by atoms with Gasteiger partial charge in [-0.25, -0.2) is 18.4 Å². The number of sulfone groups is 1. The van der Waals surface area contributed by atoms with Crippen molar-refractivity contribution < 1.29 is 17.6 Å². The fraction of sp³-hybridized carbons (Fsp3) is 0.176. The second-order valence-corrected chi connectivity index (χ2v) is 7.36. The lowest BCUT2D eigenvalue weighted by Gasteiger charge is -2.10. The average Bonchev–Trinajstić information content (AvgIpc) is 3.12. The first-order valence-electron chi connectivity index (χ1n) is 7.45. The normalized spacial score (nSPS) is 11.3. The quantitative estimate of drug-likeness (QED) is 0.723. The number of furan rings is 1. The summed E-state index contributed by atoms with van der Waals surface area (Å²) < 4.78 is 33.7. The van der Waals surface area contributed by atoms with Gasteiger partial charge in [-0.15, -0.1) is 0 Å². The van der Waals surface area contributed by atoms with Crippen LogP contribution in [0.4, 0.5) is 5.82 Å². The summed E-state index contributed by atoms with van der Waals surface area (Å²) in [6.45, 7) is 0.473. The molecule has 0 unspecified atom stereocenters. The third kappa shape index (κ3) is 3.97. The second kappa shape index (κ2) is 6.94. The molecule has 0 spiro atoms. The van der Waals surface area contributed by atoms with Crippen LogP contribution in [0.1, 0.15) is 5.76 Å². The Morgan fingerprint density at radius 3 is 2.56 bits per heavy atom. The average molecular weight is 359 g/mol. The van der Waals surface area contributed by atoms with Crippen LogP contribution in [0, 0.1) is 0 Å². The summed E-state index contributed by atoms with van der Waals surface area (Å²) >= 11 is 0. The van der Waals surface area contributed by atoms with Crippen molar-refractivity contribution in [3.8, 4) is 17.1 Å². The summed E-state index contributed by atoms with van der Waals surface area (Å²) in [5, 5.41) is 3.13. The van der Waals surface area contributed by atoms with Crippen LogP contribution in [-0.2, 0) is 16.4 Å². The van der Waals surface area contributed by atoms with Gasteiger partial charge in [0.25, 0.3) is 0 Å². The monoisotopic (exact) mass is 359 g/mol. The number of nitrogens with zero attached hydrogens (tertiary/aromatic N) is 2. The molecule has 0 atom stereocenters. The Kier molecular flexibility index (Phi) is 4.71. The van der Waals surface area contributed by atoms with Gasteiger partial charge in [0.1, 0.15) is 17.3 Å². The van der Waals surface area contributed by atoms with E-state index in [1.165, 1.54) is 25.5 Å². The maximum absolute atomic E-state index is 11.6. The van der Waals surface area contributed by atoms with Crippen molar-refractivity contribution in [3.63, 3.8) is 0 Å². The van der Waals surface area contributed by atoms with E-state index in [0.717, 1.165) is 5.76 Å². The van der Waals surface area contributed by atoms with E-state index < -0.39 is 9.84 Å². The lowest BCUT2D eigenvalue weighted by molar-refractivity contribution is 0.398. The first-order valence-corrected chi connectivity index (χ1v) is 9.34. The molecule has 2 heterocycles. The maximum Gasteiger partial charge on any atom is 0.240 e. The van der Waals surface area contributed by atoms with Crippen molar-refractivity contribution in [2.75, 3.05) is 18.7 Å². The van der Waals surface area contributed by atoms with Crippen LogP contribution in [0.15, 0.2) is 58.2 Å². The molecule has 7 nitrogen and oxygen atoms in total. The Morgan fingerprint density at radius 2 is 1.96 bits per heavy atom. The third-order valence-corrected chi connectivity index (χ3v) is 4.64. The molecule has 1 N–H and O–H groups in total. The van der Waals surface area contributed by atoms with Gasteiger partial charge in [0, 0.05) is 11.8 Å². The molecular formula is C17H17N3O4S. The van der Waals surface area contributed by atoms with E-state index in [0.29, 0.717) is 29.5 Å². The fourth-order valence-electron chi connectivity index (χ4n) is 2.25. The molecule has 130 valence electrons. The van der Waals surface area contributed by atoms with E-state index in [9.17, 15) is 8.42 Å². The molecule has 1 aromatic carbocycles. The highest BCUT2D eigenvalue weighted by molar-refractivity contribution is 7.90. The van der Waals surface area contributed by atoms with E-state index in [1.54, 1.807) is 24.6 Å². The maximum atomic E-state index is 11.6. The molecule has 0 aliphatic rings. The molecule has 25 heavy (non-hydrogen) atoms. The van der Waals surface area contributed by atoms with Crippen molar-refractivity contribution in [1.29, 1.82) is 0 Å². The number of benzene rings is 1. The van der Waals surface area contributed by atoms with Crippen LogP contribution in [0.5, 0.6) is 5.88 Å². The number of hydrogen-bond acceptors (Lipinski definition) is 7. The molecule has 3 aromatic rings. The lowest BCUT2D eigenvalue weighted by Crippen LogP contribution is -2.04. The number of nitrogens with one attached hydrogen (secondary N) is 1. The van der Waals surface area contributed by atoms with E-state index in [1.807, 2.05) is 12.1 Å². The van der Waals surface area contributed by atoms with Gasteiger partial charge in [0.2, 0.25) is 5.88 Å². The molecule has 2 aromatic heterocycles. The molecule has 0 saturated heterocycles. The molecule has 0 fully saturated rings. The zero-order chi connectivity index (χ0) is 17.9. The summed E-state index contributed by atoms with van der Waals surface area (Å²) in [7, 11) is -1.74. The third-order valence-electron chi connectivity index (χ3n) is 3.51. The minimum absolute atomic E-state index is 0.246. The van der Waals surface area contributed by atoms with Crippen LogP contribution in [0.2, 0.25) is 0 Å². The van der Waals surface area contributed by atoms with Gasteiger partial charge in [-0.1, -0.05) is 12.1 Å². The van der Waals surface area contributed by atoms with Crippen molar-refractivity contribution in [2.45, 2.75) is 11.4 Å². The number of anilines is 1. The zero-order valence-corrected chi connectivity index (χ0v) is 14.6.